The fourth-order valence-electron chi connectivity index (χ4n) is 2.46. The number of hydrogen-bond donors (Lipinski definition) is 1. The molecule has 1 amide bonds. The number of fused-ring (bicyclic) bond motifs is 1. The predicted octanol–water partition coefficient (Wildman–Crippen LogP) is 2.78. The largest absolute Gasteiger partial charge is 0.467 e. The second-order valence-corrected chi connectivity index (χ2v) is 5.37. The molecule has 6 nitrogen and oxygen atoms in total. The Kier molecular flexibility index (Phi) is 4.29. The normalized spacial score (nSPS) is 11.9. The van der Waals surface area contributed by atoms with Gasteiger partial charge in [-0.15, -0.1) is 0 Å². The number of aryl methyl sites for hydroxylation is 1. The van der Waals surface area contributed by atoms with Crippen LogP contribution < -0.4 is 5.32 Å². The Bertz CT molecular complexity index is 901. The van der Waals surface area contributed by atoms with Gasteiger partial charge in [0.15, 0.2) is 6.04 Å². The lowest BCUT2D eigenvalue weighted by Gasteiger charge is -2.16. The number of hydrogen-bond acceptors (Lipinski definition) is 5. The van der Waals surface area contributed by atoms with Crippen LogP contribution >= 0.6 is 0 Å². The molecule has 1 heterocycles. The summed E-state index contributed by atoms with van der Waals surface area (Å²) in [6, 6.07) is 13.9. The van der Waals surface area contributed by atoms with Gasteiger partial charge in [-0.1, -0.05) is 41.6 Å². The van der Waals surface area contributed by atoms with Gasteiger partial charge in [0, 0.05) is 6.07 Å². The van der Waals surface area contributed by atoms with E-state index >= 15 is 0 Å². The third kappa shape index (κ3) is 3.12. The molecule has 0 aliphatic carbocycles. The zero-order valence-corrected chi connectivity index (χ0v) is 13.3. The lowest BCUT2D eigenvalue weighted by molar-refractivity contribution is -0.143. The minimum atomic E-state index is -0.933. The van der Waals surface area contributed by atoms with Crippen LogP contribution in [-0.4, -0.2) is 24.1 Å². The van der Waals surface area contributed by atoms with Crippen LogP contribution in [0.2, 0.25) is 0 Å². The van der Waals surface area contributed by atoms with Crippen LogP contribution in [0.1, 0.15) is 27.9 Å². The Balaban J connectivity index is 1.93. The van der Waals surface area contributed by atoms with Crippen molar-refractivity contribution in [1.29, 1.82) is 0 Å². The lowest BCUT2D eigenvalue weighted by Crippen LogP contribution is -2.34. The number of ether oxygens (including phenoxy) is 1. The molecule has 3 rings (SSSR count). The zero-order chi connectivity index (χ0) is 17.1. The predicted molar refractivity (Wildman–Crippen MR) is 87.4 cm³/mol. The van der Waals surface area contributed by atoms with Crippen LogP contribution in [-0.2, 0) is 9.53 Å². The quantitative estimate of drug-likeness (QED) is 0.746. The molecule has 0 aliphatic rings. The molecule has 0 unspecified atom stereocenters. The highest BCUT2D eigenvalue weighted by Crippen LogP contribution is 2.22. The van der Waals surface area contributed by atoms with Crippen molar-refractivity contribution in [3.63, 3.8) is 0 Å². The van der Waals surface area contributed by atoms with E-state index in [1.54, 1.807) is 13.0 Å². The molecule has 0 bridgehead atoms. The van der Waals surface area contributed by atoms with Crippen LogP contribution in [0.5, 0.6) is 0 Å². The lowest BCUT2D eigenvalue weighted by atomic mass is 10.0. The molecule has 0 saturated heterocycles. The summed E-state index contributed by atoms with van der Waals surface area (Å²) in [5.74, 6) is -1.05. The van der Waals surface area contributed by atoms with Crippen LogP contribution in [0.25, 0.3) is 10.8 Å². The number of esters is 1. The Morgan fingerprint density at radius 2 is 1.88 bits per heavy atom. The summed E-state index contributed by atoms with van der Waals surface area (Å²) >= 11 is 0. The first kappa shape index (κ1) is 15.7. The Hall–Kier alpha value is -3.15. The molecule has 2 aromatic carbocycles. The average Bonchev–Trinajstić information content (AvgIpc) is 3.05. The van der Waals surface area contributed by atoms with Crippen LogP contribution in [0.15, 0.2) is 53.1 Å². The first-order valence-corrected chi connectivity index (χ1v) is 7.39. The minimum Gasteiger partial charge on any atom is -0.467 e. The van der Waals surface area contributed by atoms with Crippen molar-refractivity contribution in [1.82, 2.24) is 10.5 Å². The van der Waals surface area contributed by atoms with E-state index < -0.39 is 17.9 Å². The molecule has 24 heavy (non-hydrogen) atoms. The minimum absolute atomic E-state index is 0.0437. The van der Waals surface area contributed by atoms with E-state index in [2.05, 4.69) is 10.5 Å². The van der Waals surface area contributed by atoms with E-state index in [4.69, 9.17) is 9.26 Å². The molecule has 0 radical (unpaired) electrons. The second-order valence-electron chi connectivity index (χ2n) is 5.37. The molecule has 1 atom stereocenters. The number of nitrogens with one attached hydrogen (secondary N) is 1. The maximum Gasteiger partial charge on any atom is 0.333 e. The van der Waals surface area contributed by atoms with Gasteiger partial charge in [0.1, 0.15) is 0 Å². The second kappa shape index (κ2) is 6.54. The number of nitrogens with zero attached hydrogens (tertiary/aromatic N) is 1. The van der Waals surface area contributed by atoms with Crippen molar-refractivity contribution in [2.75, 3.05) is 7.11 Å². The van der Waals surface area contributed by atoms with Gasteiger partial charge in [-0.05, 0) is 29.3 Å². The van der Waals surface area contributed by atoms with Crippen molar-refractivity contribution in [2.45, 2.75) is 13.0 Å². The number of aromatic nitrogens is 1. The van der Waals surface area contributed by atoms with Gasteiger partial charge < -0.3 is 14.6 Å². The fourth-order valence-corrected chi connectivity index (χ4v) is 2.46. The zero-order valence-electron chi connectivity index (χ0n) is 13.3. The van der Waals surface area contributed by atoms with Crippen LogP contribution in [0.4, 0.5) is 0 Å². The van der Waals surface area contributed by atoms with Crippen molar-refractivity contribution in [3.8, 4) is 0 Å². The van der Waals surface area contributed by atoms with Gasteiger partial charge in [-0.2, -0.15) is 0 Å². The smallest absolute Gasteiger partial charge is 0.333 e. The molecular weight excluding hydrogens is 308 g/mol. The summed E-state index contributed by atoms with van der Waals surface area (Å²) < 4.78 is 9.75. The summed E-state index contributed by atoms with van der Waals surface area (Å²) in [5.41, 5.74) is 1.21. The third-order valence-electron chi connectivity index (χ3n) is 3.67. The molecule has 122 valence electrons. The highest BCUT2D eigenvalue weighted by Gasteiger charge is 2.25. The van der Waals surface area contributed by atoms with Crippen molar-refractivity contribution in [3.05, 3.63) is 65.5 Å². The van der Waals surface area contributed by atoms with Gasteiger partial charge in [0.05, 0.1) is 12.8 Å². The number of benzene rings is 2. The SMILES string of the molecule is COC(=O)[C@@H](NC(=O)c1cc(C)no1)c1ccc2ccccc2c1. The third-order valence-corrected chi connectivity index (χ3v) is 3.67. The van der Waals surface area contributed by atoms with Gasteiger partial charge in [-0.3, -0.25) is 4.79 Å². The Morgan fingerprint density at radius 3 is 2.54 bits per heavy atom. The van der Waals surface area contributed by atoms with E-state index in [1.165, 1.54) is 13.2 Å². The highest BCUT2D eigenvalue weighted by atomic mass is 16.5. The maximum atomic E-state index is 12.3. The standard InChI is InChI=1S/C18H16N2O4/c1-11-9-15(24-20-11)17(21)19-16(18(22)23-2)14-8-7-12-5-3-4-6-13(12)10-14/h3-10,16H,1-2H3,(H,19,21)/t16-/m0/s1. The number of amides is 1. The summed E-state index contributed by atoms with van der Waals surface area (Å²) in [6.45, 7) is 1.71. The molecule has 1 aromatic heterocycles. The number of methoxy groups -OCH3 is 1. The number of carbonyl (C=O) groups is 2. The summed E-state index contributed by atoms with van der Waals surface area (Å²) in [5, 5.41) is 8.31. The Morgan fingerprint density at radius 1 is 1.12 bits per heavy atom. The first-order chi connectivity index (χ1) is 11.6. The number of carbonyl (C=O) groups excluding carboxylic acids is 2. The first-order valence-electron chi connectivity index (χ1n) is 7.39. The molecule has 6 heteroatoms. The molecule has 0 fully saturated rings. The Labute approximate surface area is 138 Å². The topological polar surface area (TPSA) is 81.4 Å². The summed E-state index contributed by atoms with van der Waals surface area (Å²) in [4.78, 5) is 24.4. The van der Waals surface area contributed by atoms with Gasteiger partial charge >= 0.3 is 5.97 Å². The van der Waals surface area contributed by atoms with Gasteiger partial charge in [0.2, 0.25) is 5.76 Å². The van der Waals surface area contributed by atoms with Crippen molar-refractivity contribution in [2.24, 2.45) is 0 Å². The maximum absolute atomic E-state index is 12.3. The number of rotatable bonds is 4. The highest BCUT2D eigenvalue weighted by molar-refractivity contribution is 5.95. The molecule has 3 aromatic rings. The average molecular weight is 324 g/mol. The van der Waals surface area contributed by atoms with Crippen molar-refractivity contribution >= 4 is 22.6 Å². The van der Waals surface area contributed by atoms with E-state index in [0.717, 1.165) is 10.8 Å². The monoisotopic (exact) mass is 324 g/mol. The van der Waals surface area contributed by atoms with E-state index in [0.29, 0.717) is 11.3 Å². The van der Waals surface area contributed by atoms with E-state index in [1.807, 2.05) is 36.4 Å². The van der Waals surface area contributed by atoms with Gasteiger partial charge in [-0.25, -0.2) is 4.79 Å². The van der Waals surface area contributed by atoms with Crippen LogP contribution in [0, 0.1) is 6.92 Å². The molecule has 0 saturated carbocycles. The molecular formula is C18H16N2O4. The summed E-state index contributed by atoms with van der Waals surface area (Å²) in [7, 11) is 1.28. The molecule has 0 aliphatic heterocycles. The van der Waals surface area contributed by atoms with E-state index in [9.17, 15) is 9.59 Å². The van der Waals surface area contributed by atoms with E-state index in [-0.39, 0.29) is 5.76 Å². The van der Waals surface area contributed by atoms with Gasteiger partial charge in [0.25, 0.3) is 5.91 Å². The molecule has 0 spiro atoms. The van der Waals surface area contributed by atoms with Crippen LogP contribution in [0.3, 0.4) is 0 Å². The van der Waals surface area contributed by atoms with Crippen molar-refractivity contribution < 1.29 is 18.8 Å². The summed E-state index contributed by atoms with van der Waals surface area (Å²) in [6.07, 6.45) is 0. The molecule has 1 N–H and O–H groups in total. The fraction of sp³-hybridized carbons (Fsp3) is 0.167.